The van der Waals surface area contributed by atoms with E-state index in [-0.39, 0.29) is 0 Å². The number of nitrogens with two attached hydrogens (primary N) is 1. The first-order valence-electron chi connectivity index (χ1n) is 3.84. The van der Waals surface area contributed by atoms with Crippen molar-refractivity contribution < 1.29 is 0 Å². The Morgan fingerprint density at radius 1 is 1.22 bits per heavy atom. The summed E-state index contributed by atoms with van der Waals surface area (Å²) in [5.74, 6) is 1.79. The molecule has 1 heterocycles. The van der Waals surface area contributed by atoms with Crippen molar-refractivity contribution in [1.82, 2.24) is 5.32 Å². The third-order valence-electron chi connectivity index (χ3n) is 2.54. The Hall–Kier alpha value is -0.0800. The van der Waals surface area contributed by atoms with Crippen LogP contribution in [0.4, 0.5) is 0 Å². The molecule has 1 saturated carbocycles. The van der Waals surface area contributed by atoms with E-state index in [9.17, 15) is 0 Å². The number of hydrogen-bond donors (Lipinski definition) is 2. The van der Waals surface area contributed by atoms with Crippen molar-refractivity contribution in [1.29, 1.82) is 0 Å². The molecule has 2 aliphatic rings. The number of nitrogens with one attached hydrogen (secondary N) is 1. The average molecular weight is 126 g/mol. The van der Waals surface area contributed by atoms with Gasteiger partial charge in [-0.2, -0.15) is 0 Å². The minimum absolute atomic E-state index is 0.456. The van der Waals surface area contributed by atoms with Crippen molar-refractivity contribution in [3.63, 3.8) is 0 Å². The summed E-state index contributed by atoms with van der Waals surface area (Å²) in [6.07, 6.45) is 2.86. The van der Waals surface area contributed by atoms with Crippen molar-refractivity contribution >= 4 is 0 Å². The predicted molar refractivity (Wildman–Crippen MR) is 37.1 cm³/mol. The van der Waals surface area contributed by atoms with E-state index in [1.54, 1.807) is 0 Å². The Kier molecular flexibility index (Phi) is 1.24. The number of hydrogen-bond acceptors (Lipinski definition) is 2. The summed E-state index contributed by atoms with van der Waals surface area (Å²) < 4.78 is 0. The van der Waals surface area contributed by atoms with E-state index in [0.29, 0.717) is 6.04 Å². The van der Waals surface area contributed by atoms with Crippen molar-refractivity contribution in [3.8, 4) is 0 Å². The van der Waals surface area contributed by atoms with Crippen LogP contribution < -0.4 is 11.1 Å². The Balaban J connectivity index is 1.93. The largest absolute Gasteiger partial charge is 0.326 e. The van der Waals surface area contributed by atoms with Crippen LogP contribution in [0.15, 0.2) is 0 Å². The molecule has 0 aromatic heterocycles. The highest BCUT2D eigenvalue weighted by molar-refractivity contribution is 4.93. The summed E-state index contributed by atoms with van der Waals surface area (Å²) in [7, 11) is 0. The maximum Gasteiger partial charge on any atom is 0.0208 e. The molecule has 1 saturated heterocycles. The molecule has 2 heteroatoms. The molecule has 0 aromatic carbocycles. The molecule has 2 fully saturated rings. The Morgan fingerprint density at radius 2 is 2.00 bits per heavy atom. The Bertz CT molecular complexity index is 109. The van der Waals surface area contributed by atoms with Crippen molar-refractivity contribution in [2.24, 2.45) is 17.6 Å². The average Bonchev–Trinajstić information content (AvgIpc) is 2.58. The van der Waals surface area contributed by atoms with Crippen LogP contribution in [-0.2, 0) is 0 Å². The Morgan fingerprint density at radius 3 is 2.44 bits per heavy atom. The molecule has 0 aromatic rings. The highest BCUT2D eigenvalue weighted by atomic mass is 15.0. The van der Waals surface area contributed by atoms with Gasteiger partial charge < -0.3 is 11.1 Å². The van der Waals surface area contributed by atoms with Crippen LogP contribution in [0.25, 0.3) is 0 Å². The lowest BCUT2D eigenvalue weighted by Gasteiger charge is -2.11. The third kappa shape index (κ3) is 0.970. The lowest BCUT2D eigenvalue weighted by Crippen LogP contribution is -2.29. The van der Waals surface area contributed by atoms with Gasteiger partial charge in [0, 0.05) is 12.6 Å². The molecule has 2 unspecified atom stereocenters. The fourth-order valence-corrected chi connectivity index (χ4v) is 1.76. The molecule has 2 atom stereocenters. The molecule has 9 heavy (non-hydrogen) atoms. The summed E-state index contributed by atoms with van der Waals surface area (Å²) in [6, 6.07) is 0.456. The molecule has 1 aliphatic heterocycles. The first-order chi connectivity index (χ1) is 4.38. The SMILES string of the molecule is NC1CNCC1C1CC1. The molecular formula is C7H14N2. The van der Waals surface area contributed by atoms with Crippen molar-refractivity contribution in [3.05, 3.63) is 0 Å². The Labute approximate surface area is 55.8 Å². The topological polar surface area (TPSA) is 38.0 Å². The summed E-state index contributed by atoms with van der Waals surface area (Å²) in [4.78, 5) is 0. The fraction of sp³-hybridized carbons (Fsp3) is 1.00. The number of rotatable bonds is 1. The molecule has 0 bridgehead atoms. The van der Waals surface area contributed by atoms with Crippen LogP contribution in [-0.4, -0.2) is 19.1 Å². The van der Waals surface area contributed by atoms with Gasteiger partial charge in [-0.1, -0.05) is 0 Å². The second-order valence-corrected chi connectivity index (χ2v) is 3.32. The van der Waals surface area contributed by atoms with Gasteiger partial charge in [-0.3, -0.25) is 0 Å². The van der Waals surface area contributed by atoms with Crippen LogP contribution >= 0.6 is 0 Å². The second kappa shape index (κ2) is 1.96. The van der Waals surface area contributed by atoms with E-state index < -0.39 is 0 Å². The van der Waals surface area contributed by atoms with E-state index in [1.165, 1.54) is 19.4 Å². The van der Waals surface area contributed by atoms with Gasteiger partial charge in [-0.25, -0.2) is 0 Å². The summed E-state index contributed by atoms with van der Waals surface area (Å²) in [5, 5.41) is 3.32. The maximum atomic E-state index is 5.86. The van der Waals surface area contributed by atoms with Gasteiger partial charge >= 0.3 is 0 Å². The molecule has 0 amide bonds. The zero-order valence-corrected chi connectivity index (χ0v) is 5.64. The molecule has 0 spiro atoms. The van der Waals surface area contributed by atoms with Gasteiger partial charge in [0.15, 0.2) is 0 Å². The smallest absolute Gasteiger partial charge is 0.0208 e. The monoisotopic (exact) mass is 126 g/mol. The van der Waals surface area contributed by atoms with Gasteiger partial charge in [0.2, 0.25) is 0 Å². The molecule has 2 nitrogen and oxygen atoms in total. The van der Waals surface area contributed by atoms with E-state index >= 15 is 0 Å². The van der Waals surface area contributed by atoms with Crippen LogP contribution in [0, 0.1) is 11.8 Å². The lowest BCUT2D eigenvalue weighted by atomic mass is 9.99. The van der Waals surface area contributed by atoms with E-state index in [1.807, 2.05) is 0 Å². The fourth-order valence-electron chi connectivity index (χ4n) is 1.76. The minimum atomic E-state index is 0.456. The van der Waals surface area contributed by atoms with E-state index in [4.69, 9.17) is 5.73 Å². The van der Waals surface area contributed by atoms with E-state index in [2.05, 4.69) is 5.32 Å². The minimum Gasteiger partial charge on any atom is -0.326 e. The van der Waals surface area contributed by atoms with Crippen LogP contribution in [0.1, 0.15) is 12.8 Å². The molecule has 52 valence electrons. The van der Waals surface area contributed by atoms with Gasteiger partial charge in [-0.05, 0) is 31.2 Å². The standard InChI is InChI=1S/C7H14N2/c8-7-4-9-3-6(7)5-1-2-5/h5-7,9H,1-4,8H2. The molecule has 0 radical (unpaired) electrons. The quantitative estimate of drug-likeness (QED) is 0.516. The van der Waals surface area contributed by atoms with Crippen LogP contribution in [0.2, 0.25) is 0 Å². The summed E-state index contributed by atoms with van der Waals surface area (Å²) >= 11 is 0. The maximum absolute atomic E-state index is 5.86. The van der Waals surface area contributed by atoms with Gasteiger partial charge in [-0.15, -0.1) is 0 Å². The van der Waals surface area contributed by atoms with Gasteiger partial charge in [0.25, 0.3) is 0 Å². The normalized spacial score (nSPS) is 43.7. The zero-order chi connectivity index (χ0) is 6.27. The first-order valence-corrected chi connectivity index (χ1v) is 3.84. The molecular weight excluding hydrogens is 112 g/mol. The van der Waals surface area contributed by atoms with Crippen LogP contribution in [0.5, 0.6) is 0 Å². The summed E-state index contributed by atoms with van der Waals surface area (Å²) in [6.45, 7) is 2.22. The van der Waals surface area contributed by atoms with Gasteiger partial charge in [0.05, 0.1) is 0 Å². The van der Waals surface area contributed by atoms with Gasteiger partial charge in [0.1, 0.15) is 0 Å². The van der Waals surface area contributed by atoms with Crippen molar-refractivity contribution in [2.75, 3.05) is 13.1 Å². The zero-order valence-electron chi connectivity index (χ0n) is 5.64. The van der Waals surface area contributed by atoms with Crippen molar-refractivity contribution in [2.45, 2.75) is 18.9 Å². The first kappa shape index (κ1) is 5.69. The highest BCUT2D eigenvalue weighted by Crippen LogP contribution is 2.38. The second-order valence-electron chi connectivity index (χ2n) is 3.32. The highest BCUT2D eigenvalue weighted by Gasteiger charge is 2.37. The van der Waals surface area contributed by atoms with Crippen LogP contribution in [0.3, 0.4) is 0 Å². The summed E-state index contributed by atoms with van der Waals surface area (Å²) in [5.41, 5.74) is 5.86. The lowest BCUT2D eigenvalue weighted by molar-refractivity contribution is 0.455. The van der Waals surface area contributed by atoms with E-state index in [0.717, 1.165) is 18.4 Å². The molecule has 1 aliphatic carbocycles. The third-order valence-corrected chi connectivity index (χ3v) is 2.54. The molecule has 3 N–H and O–H groups in total. The predicted octanol–water partition coefficient (Wildman–Crippen LogP) is -0.0569. The molecule has 2 rings (SSSR count).